The Hall–Kier alpha value is -2.14. The molecule has 0 aliphatic heterocycles. The van der Waals surface area contributed by atoms with E-state index in [9.17, 15) is 13.9 Å². The monoisotopic (exact) mass is 294 g/mol. The van der Waals surface area contributed by atoms with Gasteiger partial charge in [0.1, 0.15) is 24.3 Å². The van der Waals surface area contributed by atoms with Crippen molar-refractivity contribution in [3.63, 3.8) is 0 Å². The Morgan fingerprint density at radius 2 is 1.81 bits per heavy atom. The normalized spacial score (nSPS) is 12.0. The van der Waals surface area contributed by atoms with Gasteiger partial charge in [-0.25, -0.2) is 8.78 Å². The first-order valence-electron chi connectivity index (χ1n) is 6.59. The Kier molecular flexibility index (Phi) is 5.11. The highest BCUT2D eigenvalue weighted by Crippen LogP contribution is 2.26. The highest BCUT2D eigenvalue weighted by molar-refractivity contribution is 5.35. The third-order valence-electron chi connectivity index (χ3n) is 2.87. The lowest BCUT2D eigenvalue weighted by Gasteiger charge is -2.16. The first-order chi connectivity index (χ1) is 10.1. The molecule has 0 saturated carbocycles. The van der Waals surface area contributed by atoms with E-state index in [4.69, 9.17) is 9.47 Å². The van der Waals surface area contributed by atoms with Crippen molar-refractivity contribution in [3.05, 3.63) is 59.7 Å². The Balaban J connectivity index is 2.06. The molecule has 112 valence electrons. The fraction of sp³-hybridized carbons (Fsp3) is 0.250. The number of rotatable bonds is 6. The van der Waals surface area contributed by atoms with E-state index < -0.39 is 17.7 Å². The van der Waals surface area contributed by atoms with Crippen LogP contribution in [0, 0.1) is 11.6 Å². The quantitative estimate of drug-likeness (QED) is 0.886. The number of halogens is 2. The summed E-state index contributed by atoms with van der Waals surface area (Å²) in [5, 5.41) is 10.1. The minimum atomic E-state index is -0.975. The van der Waals surface area contributed by atoms with Crippen LogP contribution < -0.4 is 9.47 Å². The summed E-state index contributed by atoms with van der Waals surface area (Å²) in [6, 6.07) is 10.0. The van der Waals surface area contributed by atoms with Crippen LogP contribution in [0.15, 0.2) is 42.5 Å². The maximum Gasteiger partial charge on any atom is 0.167 e. The van der Waals surface area contributed by atoms with Crippen molar-refractivity contribution in [1.82, 2.24) is 0 Å². The Morgan fingerprint density at radius 3 is 2.52 bits per heavy atom. The van der Waals surface area contributed by atoms with Crippen LogP contribution >= 0.6 is 0 Å². The molecular weight excluding hydrogens is 278 g/mol. The van der Waals surface area contributed by atoms with Crippen molar-refractivity contribution < 1.29 is 23.4 Å². The molecule has 5 heteroatoms. The molecule has 0 aromatic heterocycles. The molecular formula is C16H16F2O3. The van der Waals surface area contributed by atoms with Gasteiger partial charge < -0.3 is 14.6 Å². The van der Waals surface area contributed by atoms with Crippen molar-refractivity contribution >= 4 is 0 Å². The average molecular weight is 294 g/mol. The lowest BCUT2D eigenvalue weighted by Crippen LogP contribution is -2.12. The second-order valence-corrected chi connectivity index (χ2v) is 4.37. The molecule has 0 aliphatic carbocycles. The molecule has 3 nitrogen and oxygen atoms in total. The lowest BCUT2D eigenvalue weighted by atomic mass is 10.1. The first kappa shape index (κ1) is 15.3. The summed E-state index contributed by atoms with van der Waals surface area (Å²) in [5.74, 6) is -1.04. The van der Waals surface area contributed by atoms with E-state index in [2.05, 4.69) is 0 Å². The second-order valence-electron chi connectivity index (χ2n) is 4.37. The molecule has 21 heavy (non-hydrogen) atoms. The van der Waals surface area contributed by atoms with Gasteiger partial charge >= 0.3 is 0 Å². The standard InChI is InChI=1S/C16H16F2O3/c1-2-20-15-6-4-3-5-12(15)14(19)10-21-16-8-7-11(17)9-13(16)18/h3-9,14,19H,2,10H2,1H3. The van der Waals surface area contributed by atoms with Crippen LogP contribution in [0.3, 0.4) is 0 Å². The molecule has 1 unspecified atom stereocenters. The van der Waals surface area contributed by atoms with Gasteiger partial charge in [-0.05, 0) is 25.1 Å². The Bertz CT molecular complexity index is 602. The smallest absolute Gasteiger partial charge is 0.167 e. The molecule has 0 fully saturated rings. The topological polar surface area (TPSA) is 38.7 Å². The van der Waals surface area contributed by atoms with Crippen LogP contribution in [0.1, 0.15) is 18.6 Å². The zero-order chi connectivity index (χ0) is 15.2. The molecule has 1 atom stereocenters. The van der Waals surface area contributed by atoms with Crippen molar-refractivity contribution in [1.29, 1.82) is 0 Å². The molecule has 1 N–H and O–H groups in total. The van der Waals surface area contributed by atoms with Gasteiger partial charge in [0, 0.05) is 11.6 Å². The van der Waals surface area contributed by atoms with E-state index in [1.165, 1.54) is 6.07 Å². The van der Waals surface area contributed by atoms with Crippen LogP contribution in [0.2, 0.25) is 0 Å². The molecule has 2 rings (SSSR count). The number of hydrogen-bond donors (Lipinski definition) is 1. The summed E-state index contributed by atoms with van der Waals surface area (Å²) in [4.78, 5) is 0. The summed E-state index contributed by atoms with van der Waals surface area (Å²) in [7, 11) is 0. The van der Waals surface area contributed by atoms with E-state index in [1.54, 1.807) is 24.3 Å². The third kappa shape index (κ3) is 3.92. The van der Waals surface area contributed by atoms with Crippen LogP contribution in [0.4, 0.5) is 8.78 Å². The van der Waals surface area contributed by atoms with Gasteiger partial charge in [0.05, 0.1) is 6.61 Å². The predicted molar refractivity (Wildman–Crippen MR) is 74.4 cm³/mol. The molecule has 0 spiro atoms. The van der Waals surface area contributed by atoms with E-state index in [0.717, 1.165) is 12.1 Å². The Morgan fingerprint density at radius 1 is 1.05 bits per heavy atom. The zero-order valence-corrected chi connectivity index (χ0v) is 11.6. The SMILES string of the molecule is CCOc1ccccc1C(O)COc1ccc(F)cc1F. The van der Waals surface area contributed by atoms with E-state index in [-0.39, 0.29) is 12.4 Å². The van der Waals surface area contributed by atoms with Gasteiger partial charge in [-0.15, -0.1) is 0 Å². The number of aliphatic hydroxyl groups excluding tert-OH is 1. The fourth-order valence-electron chi connectivity index (χ4n) is 1.89. The average Bonchev–Trinajstić information content (AvgIpc) is 2.47. The van der Waals surface area contributed by atoms with Crippen molar-refractivity contribution in [3.8, 4) is 11.5 Å². The fourth-order valence-corrected chi connectivity index (χ4v) is 1.89. The highest BCUT2D eigenvalue weighted by Gasteiger charge is 2.15. The summed E-state index contributed by atoms with van der Waals surface area (Å²) >= 11 is 0. The van der Waals surface area contributed by atoms with Gasteiger partial charge in [-0.3, -0.25) is 0 Å². The second kappa shape index (κ2) is 7.04. The number of para-hydroxylation sites is 1. The van der Waals surface area contributed by atoms with Crippen LogP contribution in [-0.2, 0) is 0 Å². The predicted octanol–water partition coefficient (Wildman–Crippen LogP) is 3.48. The summed E-state index contributed by atoms with van der Waals surface area (Å²) in [6.07, 6.45) is -0.975. The van der Waals surface area contributed by atoms with E-state index >= 15 is 0 Å². The number of ether oxygens (including phenoxy) is 2. The van der Waals surface area contributed by atoms with Gasteiger partial charge in [0.25, 0.3) is 0 Å². The summed E-state index contributed by atoms with van der Waals surface area (Å²) in [5.41, 5.74) is 0.557. The molecule has 2 aromatic rings. The molecule has 0 amide bonds. The summed E-state index contributed by atoms with van der Waals surface area (Å²) < 4.78 is 36.8. The Labute approximate surface area is 121 Å². The van der Waals surface area contributed by atoms with Crippen molar-refractivity contribution in [2.45, 2.75) is 13.0 Å². The van der Waals surface area contributed by atoms with Crippen LogP contribution in [0.5, 0.6) is 11.5 Å². The minimum absolute atomic E-state index is 0.107. The minimum Gasteiger partial charge on any atom is -0.493 e. The van der Waals surface area contributed by atoms with E-state index in [0.29, 0.717) is 17.9 Å². The van der Waals surface area contributed by atoms with Crippen LogP contribution in [0.25, 0.3) is 0 Å². The largest absolute Gasteiger partial charge is 0.493 e. The van der Waals surface area contributed by atoms with Gasteiger partial charge in [-0.1, -0.05) is 18.2 Å². The number of aliphatic hydroxyl groups is 1. The van der Waals surface area contributed by atoms with Crippen molar-refractivity contribution in [2.75, 3.05) is 13.2 Å². The molecule has 0 bridgehead atoms. The van der Waals surface area contributed by atoms with Crippen LogP contribution in [-0.4, -0.2) is 18.3 Å². The molecule has 0 radical (unpaired) electrons. The van der Waals surface area contributed by atoms with E-state index in [1.807, 2.05) is 6.92 Å². The third-order valence-corrected chi connectivity index (χ3v) is 2.87. The number of benzene rings is 2. The molecule has 2 aromatic carbocycles. The maximum absolute atomic E-state index is 13.4. The lowest BCUT2D eigenvalue weighted by molar-refractivity contribution is 0.102. The number of hydrogen-bond acceptors (Lipinski definition) is 3. The van der Waals surface area contributed by atoms with Crippen molar-refractivity contribution in [2.24, 2.45) is 0 Å². The van der Waals surface area contributed by atoms with Gasteiger partial charge in [-0.2, -0.15) is 0 Å². The van der Waals surface area contributed by atoms with Gasteiger partial charge in [0.2, 0.25) is 0 Å². The molecule has 0 saturated heterocycles. The van der Waals surface area contributed by atoms with Gasteiger partial charge in [0.15, 0.2) is 11.6 Å². The molecule has 0 aliphatic rings. The first-order valence-corrected chi connectivity index (χ1v) is 6.59. The summed E-state index contributed by atoms with van der Waals surface area (Å²) in [6.45, 7) is 2.15. The zero-order valence-electron chi connectivity index (χ0n) is 11.6. The highest BCUT2D eigenvalue weighted by atomic mass is 19.1. The molecule has 0 heterocycles. The maximum atomic E-state index is 13.4.